The quantitative estimate of drug-likeness (QED) is 0.0199. The molecule has 868 valence electrons. The lowest BCUT2D eigenvalue weighted by Crippen LogP contribution is -2.71. The number of carbonyl (C=O) groups is 4. The Hall–Kier alpha value is -4.10. The predicted octanol–water partition coefficient (Wildman–Crippen LogP) is -7.00. The van der Waals surface area contributed by atoms with Crippen molar-refractivity contribution < 1.29 is 232 Å². The number of amides is 4. The first kappa shape index (κ1) is 128. The fraction of sp³-hybridized carbons (Fsp3) is 0.939. The van der Waals surface area contributed by atoms with Gasteiger partial charge >= 0.3 is 0 Å². The number of hydrogen-bond acceptors (Lipinski definition) is 47. The third-order valence-corrected chi connectivity index (χ3v) is 28.9. The molecule has 0 bridgehead atoms. The molecule has 149 heavy (non-hydrogen) atoms. The summed E-state index contributed by atoms with van der Waals surface area (Å²) in [6.45, 7) is -0.855. The second-order valence-electron chi connectivity index (χ2n) is 40.5. The average molecular weight is 2160 g/mol. The van der Waals surface area contributed by atoms with Crippen molar-refractivity contribution in [2.24, 2.45) is 0 Å². The Labute approximate surface area is 867 Å². The van der Waals surface area contributed by atoms with E-state index in [1.54, 1.807) is 6.08 Å². The summed E-state index contributed by atoms with van der Waals surface area (Å²) in [5.41, 5.74) is 0. The SMILES string of the molecule is CCCCCCCCCCCCC/C=C/[C@@H](O)[C@H](CO[C@@H]1OC(CO)[C@@H](O[C@@H]2OC(CO)[C@H](O)[C@H](O[C@@H]3OC(CO)[C@@H](O)[C@H](O[C@@H]4OC(CO[C@@H]5OC(CO)[C@@H](O[C@@H]6OC(CO)[C@H](O)[C@H](O)C6O)[C@H](O)C5NC(C)=O)[C@H](O)[C@H](O[C@@H]5OC(CO)[C@@H](O)[C@H](O[C@@H]6OC(CO)[C@H](O)[C@H](O)C6O[C@H]6OC(C)[C@@H](O)C(O)[C@@H]6O)C5NC(C)=O)C4O)C3NC(C)=O)C2O)[C@H](O)C1O)NC(=O)CCCCCCCCCCCCCCCCCCC. The summed E-state index contributed by atoms with van der Waals surface area (Å²) in [6.07, 6.45) is -52.1. The first-order valence-corrected chi connectivity index (χ1v) is 53.4. The van der Waals surface area contributed by atoms with Gasteiger partial charge in [-0.2, -0.15) is 0 Å². The third kappa shape index (κ3) is 36.5. The van der Waals surface area contributed by atoms with E-state index in [0.717, 1.165) is 85.0 Å². The fourth-order valence-corrected chi connectivity index (χ4v) is 20.1. The summed E-state index contributed by atoms with van der Waals surface area (Å²) in [4.78, 5) is 54.1. The Morgan fingerprint density at radius 2 is 0.591 bits per heavy atom. The van der Waals surface area contributed by atoms with Crippen molar-refractivity contribution in [3.05, 3.63) is 12.2 Å². The van der Waals surface area contributed by atoms with Gasteiger partial charge in [0.05, 0.1) is 77.7 Å². The molecule has 0 radical (unpaired) electrons. The van der Waals surface area contributed by atoms with Gasteiger partial charge in [-0.1, -0.05) is 193 Å². The van der Waals surface area contributed by atoms with Crippen molar-refractivity contribution in [3.63, 3.8) is 0 Å². The lowest BCUT2D eigenvalue weighted by Gasteiger charge is -2.51. The van der Waals surface area contributed by atoms with E-state index in [4.69, 9.17) is 85.3 Å². The summed E-state index contributed by atoms with van der Waals surface area (Å²) in [6, 6.07) is -7.15. The number of carbonyl (C=O) groups excluding carboxylic acids is 4. The molecule has 9 saturated heterocycles. The fourth-order valence-electron chi connectivity index (χ4n) is 20.1. The Balaban J connectivity index is 0.951. The minimum Gasteiger partial charge on any atom is -0.394 e. The van der Waals surface area contributed by atoms with Crippen LogP contribution in [0.3, 0.4) is 0 Å². The molecule has 0 aromatic heterocycles. The summed E-state index contributed by atoms with van der Waals surface area (Å²) >= 11 is 0. The van der Waals surface area contributed by atoms with Gasteiger partial charge in [-0.15, -0.1) is 0 Å². The van der Waals surface area contributed by atoms with Crippen LogP contribution < -0.4 is 21.3 Å². The first-order valence-electron chi connectivity index (χ1n) is 53.4. The molecule has 9 rings (SSSR count). The molecule has 0 aromatic carbocycles. The van der Waals surface area contributed by atoms with Crippen molar-refractivity contribution >= 4 is 23.6 Å². The van der Waals surface area contributed by atoms with Gasteiger partial charge in [-0.3, -0.25) is 19.2 Å². The highest BCUT2D eigenvalue weighted by Gasteiger charge is 2.62. The van der Waals surface area contributed by atoms with Crippen molar-refractivity contribution in [2.45, 2.75) is 522 Å². The molecule has 47 atom stereocenters. The van der Waals surface area contributed by atoms with Gasteiger partial charge in [0.15, 0.2) is 56.6 Å². The maximum atomic E-state index is 13.7. The van der Waals surface area contributed by atoms with Gasteiger partial charge in [0.2, 0.25) is 23.6 Å². The van der Waals surface area contributed by atoms with Crippen LogP contribution in [-0.4, -0.2) is 499 Å². The first-order chi connectivity index (χ1) is 71.3. The van der Waals surface area contributed by atoms with Crippen LogP contribution in [0.4, 0.5) is 0 Å². The van der Waals surface area contributed by atoms with Gasteiger partial charge in [0, 0.05) is 27.2 Å². The molecule has 0 spiro atoms. The molecule has 9 fully saturated rings. The monoisotopic (exact) mass is 2160 g/mol. The van der Waals surface area contributed by atoms with Gasteiger partial charge < -0.3 is 234 Å². The molecule has 0 aliphatic carbocycles. The summed E-state index contributed by atoms with van der Waals surface area (Å²) in [5.74, 6) is -3.34. The number of allylic oxidation sites excluding steroid dienone is 1. The van der Waals surface area contributed by atoms with E-state index in [9.17, 15) is 147 Å². The van der Waals surface area contributed by atoms with E-state index in [0.29, 0.717) is 12.8 Å². The lowest BCUT2D eigenvalue weighted by molar-refractivity contribution is -0.392. The molecule has 0 saturated carbocycles. The minimum atomic E-state index is -2.60. The van der Waals surface area contributed by atoms with E-state index >= 15 is 0 Å². The van der Waals surface area contributed by atoms with Crippen LogP contribution >= 0.6 is 0 Å². The second-order valence-corrected chi connectivity index (χ2v) is 40.5. The molecule has 29 N–H and O–H groups in total. The van der Waals surface area contributed by atoms with Crippen LogP contribution in [0.1, 0.15) is 234 Å². The van der Waals surface area contributed by atoms with Crippen molar-refractivity contribution in [1.82, 2.24) is 21.3 Å². The Morgan fingerprint density at radius 1 is 0.282 bits per heavy atom. The molecular weight excluding hydrogens is 1990 g/mol. The highest BCUT2D eigenvalue weighted by atomic mass is 16.8. The molecule has 18 unspecified atom stereocenters. The van der Waals surface area contributed by atoms with Crippen LogP contribution in [0.2, 0.25) is 0 Å². The van der Waals surface area contributed by atoms with Gasteiger partial charge in [0.1, 0.15) is 213 Å². The van der Waals surface area contributed by atoms with E-state index < -0.39 is 371 Å². The summed E-state index contributed by atoms with van der Waals surface area (Å²) in [7, 11) is 0. The average Bonchev–Trinajstić information content (AvgIpc) is 0.759. The minimum absolute atomic E-state index is 0.123. The number of hydrogen-bond donors (Lipinski definition) is 29. The van der Waals surface area contributed by atoms with Gasteiger partial charge in [-0.05, 0) is 26.2 Å². The Morgan fingerprint density at radius 3 is 1.03 bits per heavy atom. The van der Waals surface area contributed by atoms with Crippen LogP contribution in [-0.2, 0) is 104 Å². The standard InChI is InChI=1S/C98H174N4O47/c1-7-9-11-13-15-17-19-21-22-23-24-26-28-30-32-34-36-38-62(114)102-52(53(113)37-35-33-31-29-27-25-20-18-16-14-12-10-8-2)46-132-93-80(129)77(126)84(60(45-109)141-93)144-96-81(130)87(71(120)58(43-107)138-96)147-91-64(100-50(5)111)85(69(118)56(41-105)135-91)145-97-82(131)88(72(121)61(142-97)47-133-90-63(99-49(4)110)73(122)83(59(44-108)140-90)143-95-79(128)75(124)67(116)54(39-103)137-95)148-92-65(101-51(6)112)86(70(119)57(42-106)136-92)146-98-89(76(125)68(117)55(40-104)139-98)149-94-78(127)74(123)66(115)48(3)134-94/h35,37,48,52-61,63-98,103-109,113,115-131H,7-34,36,38-47H2,1-6H3,(H,99,110)(H,100,111)(H,101,112)(H,102,114)/b37-35+/t48?,52-,53+,54?,55?,56?,57?,58?,59?,60?,61?,63?,64?,65?,66+,67-,68-,69+,70+,71-,72-,73+,74?,75-,76-,77+,78-,79?,80?,81?,82?,83+,84+,85+,86+,87-,88-,89?,90+,91-,92-,93+,94+,95-,96-,97-,98-/m0/s1. The van der Waals surface area contributed by atoms with E-state index in [-0.39, 0.29) is 6.42 Å². The van der Waals surface area contributed by atoms with E-state index in [2.05, 4.69) is 35.1 Å². The molecule has 51 heteroatoms. The lowest BCUT2D eigenvalue weighted by atomic mass is 9.93. The van der Waals surface area contributed by atoms with Gasteiger partial charge in [-0.25, -0.2) is 0 Å². The smallest absolute Gasteiger partial charge is 0.220 e. The van der Waals surface area contributed by atoms with Crippen molar-refractivity contribution in [3.8, 4) is 0 Å². The topological polar surface area (TPSA) is 788 Å². The maximum absolute atomic E-state index is 13.7. The summed E-state index contributed by atoms with van der Waals surface area (Å²) < 4.78 is 109. The van der Waals surface area contributed by atoms with Crippen molar-refractivity contribution in [1.29, 1.82) is 0 Å². The largest absolute Gasteiger partial charge is 0.394 e. The van der Waals surface area contributed by atoms with Crippen LogP contribution in [0.25, 0.3) is 0 Å². The molecule has 9 aliphatic rings. The highest BCUT2D eigenvalue weighted by Crippen LogP contribution is 2.41. The molecular formula is C98H174N4O47. The van der Waals surface area contributed by atoms with Gasteiger partial charge in [0.25, 0.3) is 0 Å². The number of unbranched alkanes of at least 4 members (excludes halogenated alkanes) is 27. The van der Waals surface area contributed by atoms with Crippen LogP contribution in [0.15, 0.2) is 12.2 Å². The predicted molar refractivity (Wildman–Crippen MR) is 511 cm³/mol. The Bertz CT molecular complexity index is 3760. The summed E-state index contributed by atoms with van der Waals surface area (Å²) in [5, 5.41) is 295. The van der Waals surface area contributed by atoms with E-state index in [1.807, 2.05) is 6.08 Å². The van der Waals surface area contributed by atoms with E-state index in [1.165, 1.54) is 116 Å². The zero-order chi connectivity index (χ0) is 109. The number of nitrogens with one attached hydrogen (secondary N) is 4. The zero-order valence-electron chi connectivity index (χ0n) is 86.0. The number of ether oxygens (including phenoxy) is 18. The third-order valence-electron chi connectivity index (χ3n) is 28.9. The molecule has 9 heterocycles. The number of rotatable bonds is 63. The van der Waals surface area contributed by atoms with Crippen LogP contribution in [0.5, 0.6) is 0 Å². The number of aliphatic hydroxyl groups is 25. The molecule has 9 aliphatic heterocycles. The normalized spacial score (nSPS) is 40.2. The molecule has 51 nitrogen and oxygen atoms in total. The zero-order valence-corrected chi connectivity index (χ0v) is 86.0. The van der Waals surface area contributed by atoms with Crippen LogP contribution in [0, 0.1) is 0 Å². The maximum Gasteiger partial charge on any atom is 0.220 e. The number of aliphatic hydroxyl groups excluding tert-OH is 25. The molecule has 4 amide bonds. The Kier molecular flexibility index (Phi) is 56.4. The second kappa shape index (κ2) is 65.4. The van der Waals surface area contributed by atoms with Crippen molar-refractivity contribution in [2.75, 3.05) is 59.5 Å². The molecule has 0 aromatic rings. The highest BCUT2D eigenvalue weighted by molar-refractivity contribution is 5.76.